The standard InChI is InChI=1S/C13H14ClNO2/c1-9-10(6-7-15-13(16)8-14)11-4-2-3-5-12(11)17-9/h2-5H,6-8H2,1H3,(H,15,16). The summed E-state index contributed by atoms with van der Waals surface area (Å²) in [7, 11) is 0. The van der Waals surface area contributed by atoms with Gasteiger partial charge < -0.3 is 9.73 Å². The molecule has 1 aromatic heterocycles. The Bertz CT molecular complexity index is 533. The fourth-order valence-corrected chi connectivity index (χ4v) is 2.00. The number of nitrogens with one attached hydrogen (secondary N) is 1. The zero-order valence-corrected chi connectivity index (χ0v) is 10.4. The maximum atomic E-state index is 11.0. The summed E-state index contributed by atoms with van der Waals surface area (Å²) in [4.78, 5) is 11.0. The van der Waals surface area contributed by atoms with Crippen LogP contribution in [0, 0.1) is 6.92 Å². The lowest BCUT2D eigenvalue weighted by Crippen LogP contribution is -2.26. The summed E-state index contributed by atoms with van der Waals surface area (Å²) in [6.07, 6.45) is 0.755. The Morgan fingerprint density at radius 3 is 2.94 bits per heavy atom. The first-order valence-corrected chi connectivity index (χ1v) is 6.05. The number of alkyl halides is 1. The number of halogens is 1. The van der Waals surface area contributed by atoms with Gasteiger partial charge >= 0.3 is 0 Å². The molecular weight excluding hydrogens is 238 g/mol. The minimum absolute atomic E-state index is 0.00508. The molecular formula is C13H14ClNO2. The molecule has 17 heavy (non-hydrogen) atoms. The normalized spacial score (nSPS) is 10.7. The first-order valence-electron chi connectivity index (χ1n) is 5.52. The van der Waals surface area contributed by atoms with Gasteiger partial charge in [0.15, 0.2) is 0 Å². The number of furan rings is 1. The van der Waals surface area contributed by atoms with Gasteiger partial charge in [0.2, 0.25) is 5.91 Å². The monoisotopic (exact) mass is 251 g/mol. The second-order valence-corrected chi connectivity index (χ2v) is 4.13. The highest BCUT2D eigenvalue weighted by Gasteiger charge is 2.10. The van der Waals surface area contributed by atoms with Crippen molar-refractivity contribution in [2.45, 2.75) is 13.3 Å². The van der Waals surface area contributed by atoms with Gasteiger partial charge in [-0.2, -0.15) is 0 Å². The maximum Gasteiger partial charge on any atom is 0.234 e. The average Bonchev–Trinajstić information content (AvgIpc) is 2.66. The fraction of sp³-hybridized carbons (Fsp3) is 0.308. The van der Waals surface area contributed by atoms with Crippen LogP contribution in [0.15, 0.2) is 28.7 Å². The Morgan fingerprint density at radius 2 is 2.18 bits per heavy atom. The summed E-state index contributed by atoms with van der Waals surface area (Å²) in [5.41, 5.74) is 2.04. The summed E-state index contributed by atoms with van der Waals surface area (Å²) in [6.45, 7) is 2.52. The molecule has 2 aromatic rings. The molecule has 0 unspecified atom stereocenters. The molecule has 1 amide bonds. The number of rotatable bonds is 4. The van der Waals surface area contributed by atoms with E-state index in [4.69, 9.17) is 16.0 Å². The molecule has 4 heteroatoms. The second kappa shape index (κ2) is 5.23. The van der Waals surface area contributed by atoms with E-state index in [9.17, 15) is 4.79 Å². The van der Waals surface area contributed by atoms with E-state index in [0.29, 0.717) is 6.54 Å². The van der Waals surface area contributed by atoms with Crippen LogP contribution in [0.3, 0.4) is 0 Å². The third kappa shape index (κ3) is 2.61. The zero-order valence-electron chi connectivity index (χ0n) is 9.63. The molecule has 0 spiro atoms. The molecule has 0 aliphatic heterocycles. The highest BCUT2D eigenvalue weighted by Crippen LogP contribution is 2.25. The number of carbonyl (C=O) groups is 1. The van der Waals surface area contributed by atoms with E-state index in [-0.39, 0.29) is 11.8 Å². The minimum Gasteiger partial charge on any atom is -0.461 e. The second-order valence-electron chi connectivity index (χ2n) is 3.87. The summed E-state index contributed by atoms with van der Waals surface area (Å²) < 4.78 is 5.64. The summed E-state index contributed by atoms with van der Waals surface area (Å²) in [5.74, 6) is 0.772. The van der Waals surface area contributed by atoms with Crippen molar-refractivity contribution in [1.82, 2.24) is 5.32 Å². The predicted octanol–water partition coefficient (Wildman–Crippen LogP) is 2.64. The lowest BCUT2D eigenvalue weighted by Gasteiger charge is -2.02. The fourth-order valence-electron chi connectivity index (χ4n) is 1.91. The SMILES string of the molecule is Cc1oc2ccccc2c1CCNC(=O)CCl. The Morgan fingerprint density at radius 1 is 1.41 bits per heavy atom. The molecule has 90 valence electrons. The van der Waals surface area contributed by atoms with Crippen LogP contribution in [0.5, 0.6) is 0 Å². The number of amides is 1. The molecule has 0 bridgehead atoms. The van der Waals surface area contributed by atoms with E-state index in [1.54, 1.807) is 0 Å². The molecule has 0 saturated carbocycles. The van der Waals surface area contributed by atoms with Crippen LogP contribution in [0.2, 0.25) is 0 Å². The number of benzene rings is 1. The zero-order chi connectivity index (χ0) is 12.3. The van der Waals surface area contributed by atoms with Crippen molar-refractivity contribution in [1.29, 1.82) is 0 Å². The summed E-state index contributed by atoms with van der Waals surface area (Å²) in [6, 6.07) is 7.91. The van der Waals surface area contributed by atoms with E-state index < -0.39 is 0 Å². The number of hydrogen-bond acceptors (Lipinski definition) is 2. The van der Waals surface area contributed by atoms with Gasteiger partial charge in [0.25, 0.3) is 0 Å². The van der Waals surface area contributed by atoms with Gasteiger partial charge in [-0.3, -0.25) is 4.79 Å². The van der Waals surface area contributed by atoms with E-state index in [1.807, 2.05) is 31.2 Å². The minimum atomic E-state index is -0.142. The molecule has 0 fully saturated rings. The Labute approximate surface area is 105 Å². The summed E-state index contributed by atoms with van der Waals surface area (Å²) >= 11 is 5.41. The molecule has 0 atom stereocenters. The van der Waals surface area contributed by atoms with Gasteiger partial charge in [-0.05, 0) is 19.4 Å². The number of hydrogen-bond donors (Lipinski definition) is 1. The van der Waals surface area contributed by atoms with Gasteiger partial charge in [-0.25, -0.2) is 0 Å². The van der Waals surface area contributed by atoms with Gasteiger partial charge in [0.05, 0.1) is 0 Å². The number of aryl methyl sites for hydroxylation is 1. The van der Waals surface area contributed by atoms with Crippen molar-refractivity contribution < 1.29 is 9.21 Å². The van der Waals surface area contributed by atoms with Crippen LogP contribution in [0.4, 0.5) is 0 Å². The Kier molecular flexibility index (Phi) is 3.69. The van der Waals surface area contributed by atoms with Crippen molar-refractivity contribution in [3.63, 3.8) is 0 Å². The van der Waals surface area contributed by atoms with Crippen molar-refractivity contribution in [2.75, 3.05) is 12.4 Å². The van der Waals surface area contributed by atoms with Crippen LogP contribution in [-0.4, -0.2) is 18.3 Å². The first-order chi connectivity index (χ1) is 8.22. The quantitative estimate of drug-likeness (QED) is 0.849. The van der Waals surface area contributed by atoms with Crippen LogP contribution in [0.25, 0.3) is 11.0 Å². The van der Waals surface area contributed by atoms with Crippen LogP contribution in [-0.2, 0) is 11.2 Å². The van der Waals surface area contributed by atoms with Crippen molar-refractivity contribution >= 4 is 28.5 Å². The van der Waals surface area contributed by atoms with E-state index in [0.717, 1.165) is 28.7 Å². The number of fused-ring (bicyclic) bond motifs is 1. The van der Waals surface area contributed by atoms with Gasteiger partial charge in [-0.1, -0.05) is 18.2 Å². The first kappa shape index (κ1) is 12.0. The van der Waals surface area contributed by atoms with Gasteiger partial charge in [0.1, 0.15) is 17.2 Å². The van der Waals surface area contributed by atoms with Gasteiger partial charge in [-0.15, -0.1) is 11.6 Å². The molecule has 2 rings (SSSR count). The Balaban J connectivity index is 2.12. The summed E-state index contributed by atoms with van der Waals surface area (Å²) in [5, 5.41) is 3.87. The smallest absolute Gasteiger partial charge is 0.234 e. The van der Waals surface area contributed by atoms with E-state index >= 15 is 0 Å². The molecule has 0 saturated heterocycles. The van der Waals surface area contributed by atoms with Crippen molar-refractivity contribution in [3.8, 4) is 0 Å². The Hall–Kier alpha value is -1.48. The molecule has 1 N–H and O–H groups in total. The van der Waals surface area contributed by atoms with Crippen molar-refractivity contribution in [3.05, 3.63) is 35.6 Å². The largest absolute Gasteiger partial charge is 0.461 e. The third-order valence-corrected chi connectivity index (χ3v) is 2.96. The van der Waals surface area contributed by atoms with Crippen LogP contribution in [0.1, 0.15) is 11.3 Å². The highest BCUT2D eigenvalue weighted by atomic mass is 35.5. The topological polar surface area (TPSA) is 42.2 Å². The maximum absolute atomic E-state index is 11.0. The van der Waals surface area contributed by atoms with Crippen LogP contribution < -0.4 is 5.32 Å². The highest BCUT2D eigenvalue weighted by molar-refractivity contribution is 6.27. The molecule has 1 aromatic carbocycles. The number of carbonyl (C=O) groups excluding carboxylic acids is 1. The van der Waals surface area contributed by atoms with Crippen LogP contribution >= 0.6 is 11.6 Å². The van der Waals surface area contributed by atoms with Crippen molar-refractivity contribution in [2.24, 2.45) is 0 Å². The molecule has 0 aliphatic carbocycles. The predicted molar refractivity (Wildman–Crippen MR) is 68.4 cm³/mol. The molecule has 0 radical (unpaired) electrons. The van der Waals surface area contributed by atoms with E-state index in [1.165, 1.54) is 0 Å². The lowest BCUT2D eigenvalue weighted by molar-refractivity contribution is -0.118. The average molecular weight is 252 g/mol. The molecule has 0 aliphatic rings. The molecule has 1 heterocycles. The third-order valence-electron chi connectivity index (χ3n) is 2.72. The lowest BCUT2D eigenvalue weighted by atomic mass is 10.1. The molecule has 3 nitrogen and oxygen atoms in total. The number of para-hydroxylation sites is 1. The van der Waals surface area contributed by atoms with E-state index in [2.05, 4.69) is 5.32 Å². The van der Waals surface area contributed by atoms with Gasteiger partial charge in [0, 0.05) is 17.5 Å².